The molecule has 114 valence electrons. The molecule has 0 radical (unpaired) electrons. The number of carbonyl (C=O) groups is 1. The van der Waals surface area contributed by atoms with Crippen molar-refractivity contribution < 1.29 is 9.53 Å². The lowest BCUT2D eigenvalue weighted by molar-refractivity contribution is 0.0601. The van der Waals surface area contributed by atoms with Crippen molar-refractivity contribution in [1.82, 2.24) is 15.2 Å². The number of nitrogens with zero attached hydrogens (tertiary/aromatic N) is 4. The van der Waals surface area contributed by atoms with Crippen molar-refractivity contribution in [2.24, 2.45) is 0 Å². The van der Waals surface area contributed by atoms with Gasteiger partial charge in [0, 0.05) is 18.8 Å². The Morgan fingerprint density at radius 3 is 2.64 bits per heavy atom. The highest BCUT2D eigenvalue weighted by Crippen LogP contribution is 2.19. The van der Waals surface area contributed by atoms with Crippen molar-refractivity contribution in [3.63, 3.8) is 0 Å². The molecule has 0 bridgehead atoms. The van der Waals surface area contributed by atoms with Crippen molar-refractivity contribution in [2.45, 2.75) is 12.8 Å². The number of hydrogen-bond donors (Lipinski definition) is 1. The van der Waals surface area contributed by atoms with E-state index in [4.69, 9.17) is 0 Å². The fourth-order valence-electron chi connectivity index (χ4n) is 2.36. The van der Waals surface area contributed by atoms with Gasteiger partial charge in [-0.3, -0.25) is 0 Å². The Morgan fingerprint density at radius 2 is 1.95 bits per heavy atom. The van der Waals surface area contributed by atoms with Crippen molar-refractivity contribution in [2.75, 3.05) is 30.4 Å². The van der Waals surface area contributed by atoms with Gasteiger partial charge in [-0.05, 0) is 37.1 Å². The normalized spacial score (nSPS) is 14.0. The molecular weight excluding hydrogens is 282 g/mol. The number of rotatable bonds is 4. The average molecular weight is 299 g/mol. The maximum absolute atomic E-state index is 11.4. The molecule has 22 heavy (non-hydrogen) atoms. The molecule has 0 spiro atoms. The van der Waals surface area contributed by atoms with Crippen molar-refractivity contribution in [3.05, 3.63) is 36.0 Å². The number of ether oxygens (including phenoxy) is 1. The van der Waals surface area contributed by atoms with Crippen LogP contribution in [0.5, 0.6) is 0 Å². The molecule has 0 amide bonds. The average Bonchev–Trinajstić information content (AvgIpc) is 3.10. The predicted octanol–water partition coefficient (Wildman–Crippen LogP) is 2.00. The molecule has 3 rings (SSSR count). The van der Waals surface area contributed by atoms with Crippen LogP contribution >= 0.6 is 0 Å². The Balaban J connectivity index is 1.72. The van der Waals surface area contributed by atoms with Crippen LogP contribution in [-0.2, 0) is 4.74 Å². The molecule has 0 saturated carbocycles. The predicted molar refractivity (Wildman–Crippen MR) is 82.3 cm³/mol. The monoisotopic (exact) mass is 299 g/mol. The van der Waals surface area contributed by atoms with Gasteiger partial charge in [0.05, 0.1) is 18.9 Å². The standard InChI is InChI=1S/C15H17N5O2/c1-22-14(21)11-4-6-12(7-5-11)17-13-10-16-19-15(18-13)20-8-2-3-9-20/h4-7,10H,2-3,8-9H2,1H3,(H,17,18,19). The van der Waals surface area contributed by atoms with Gasteiger partial charge in [0.2, 0.25) is 5.95 Å². The molecule has 1 aliphatic heterocycles. The van der Waals surface area contributed by atoms with Crippen molar-refractivity contribution in [1.29, 1.82) is 0 Å². The molecule has 1 N–H and O–H groups in total. The molecule has 0 atom stereocenters. The minimum atomic E-state index is -0.355. The first kappa shape index (κ1) is 14.2. The van der Waals surface area contributed by atoms with E-state index in [1.807, 2.05) is 0 Å². The molecule has 7 nitrogen and oxygen atoms in total. The summed E-state index contributed by atoms with van der Waals surface area (Å²) >= 11 is 0. The van der Waals surface area contributed by atoms with Crippen molar-refractivity contribution >= 4 is 23.4 Å². The van der Waals surface area contributed by atoms with Crippen LogP contribution in [-0.4, -0.2) is 41.3 Å². The van der Waals surface area contributed by atoms with Crippen LogP contribution in [0.1, 0.15) is 23.2 Å². The first-order valence-electron chi connectivity index (χ1n) is 7.16. The lowest BCUT2D eigenvalue weighted by atomic mass is 10.2. The zero-order valence-electron chi connectivity index (χ0n) is 12.3. The maximum Gasteiger partial charge on any atom is 0.337 e. The first-order valence-corrected chi connectivity index (χ1v) is 7.16. The third-order valence-electron chi connectivity index (χ3n) is 3.51. The van der Waals surface area contributed by atoms with E-state index >= 15 is 0 Å². The highest BCUT2D eigenvalue weighted by atomic mass is 16.5. The quantitative estimate of drug-likeness (QED) is 0.865. The lowest BCUT2D eigenvalue weighted by Crippen LogP contribution is -2.21. The second-order valence-electron chi connectivity index (χ2n) is 5.03. The minimum absolute atomic E-state index is 0.355. The van der Waals surface area contributed by atoms with E-state index < -0.39 is 0 Å². The summed E-state index contributed by atoms with van der Waals surface area (Å²) < 4.78 is 4.67. The zero-order valence-corrected chi connectivity index (χ0v) is 12.3. The third-order valence-corrected chi connectivity index (χ3v) is 3.51. The highest BCUT2D eigenvalue weighted by molar-refractivity contribution is 5.89. The maximum atomic E-state index is 11.4. The van der Waals surface area contributed by atoms with E-state index in [-0.39, 0.29) is 5.97 Å². The molecule has 1 aromatic carbocycles. The number of methoxy groups -OCH3 is 1. The van der Waals surface area contributed by atoms with Gasteiger partial charge in [0.15, 0.2) is 5.82 Å². The third kappa shape index (κ3) is 3.13. The number of aromatic nitrogens is 3. The molecule has 2 aromatic rings. The van der Waals surface area contributed by atoms with E-state index in [1.165, 1.54) is 7.11 Å². The van der Waals surface area contributed by atoms with E-state index in [2.05, 4.69) is 30.1 Å². The van der Waals surface area contributed by atoms with Crippen LogP contribution < -0.4 is 10.2 Å². The van der Waals surface area contributed by atoms with Gasteiger partial charge >= 0.3 is 5.97 Å². The number of nitrogens with one attached hydrogen (secondary N) is 1. The lowest BCUT2D eigenvalue weighted by Gasteiger charge is -2.14. The molecule has 7 heteroatoms. The van der Waals surface area contributed by atoms with Gasteiger partial charge in [0.1, 0.15) is 0 Å². The molecule has 1 aromatic heterocycles. The van der Waals surface area contributed by atoms with Gasteiger partial charge in [-0.2, -0.15) is 10.1 Å². The van der Waals surface area contributed by atoms with Gasteiger partial charge in [0.25, 0.3) is 0 Å². The molecule has 1 saturated heterocycles. The Bertz CT molecular complexity index is 653. The van der Waals surface area contributed by atoms with E-state index in [9.17, 15) is 4.79 Å². The van der Waals surface area contributed by atoms with Crippen LogP contribution in [0.3, 0.4) is 0 Å². The molecule has 2 heterocycles. The van der Waals surface area contributed by atoms with E-state index in [1.54, 1.807) is 30.5 Å². The first-order chi connectivity index (χ1) is 10.8. The molecule has 0 unspecified atom stereocenters. The molecule has 1 fully saturated rings. The molecule has 1 aliphatic rings. The largest absolute Gasteiger partial charge is 0.465 e. The highest BCUT2D eigenvalue weighted by Gasteiger charge is 2.15. The van der Waals surface area contributed by atoms with Gasteiger partial charge in [-0.1, -0.05) is 0 Å². The van der Waals surface area contributed by atoms with Crippen molar-refractivity contribution in [3.8, 4) is 0 Å². The van der Waals surface area contributed by atoms with Crippen LogP contribution in [0, 0.1) is 0 Å². The van der Waals surface area contributed by atoms with Crippen LogP contribution in [0.15, 0.2) is 30.5 Å². The summed E-state index contributed by atoms with van der Waals surface area (Å²) in [6.07, 6.45) is 3.90. The minimum Gasteiger partial charge on any atom is -0.465 e. The summed E-state index contributed by atoms with van der Waals surface area (Å²) in [4.78, 5) is 18.0. The summed E-state index contributed by atoms with van der Waals surface area (Å²) in [5.41, 5.74) is 1.33. The zero-order chi connectivity index (χ0) is 15.4. The number of hydrogen-bond acceptors (Lipinski definition) is 7. The topological polar surface area (TPSA) is 80.2 Å². The van der Waals surface area contributed by atoms with Gasteiger partial charge in [-0.15, -0.1) is 5.10 Å². The summed E-state index contributed by atoms with van der Waals surface area (Å²) in [6, 6.07) is 6.99. The number of carbonyl (C=O) groups excluding carboxylic acids is 1. The summed E-state index contributed by atoms with van der Waals surface area (Å²) in [5.74, 6) is 0.919. The number of benzene rings is 1. The fourth-order valence-corrected chi connectivity index (χ4v) is 2.36. The smallest absolute Gasteiger partial charge is 0.337 e. The molecule has 0 aliphatic carbocycles. The molecular formula is C15H17N5O2. The summed E-state index contributed by atoms with van der Waals surface area (Å²) in [5, 5.41) is 11.2. The second-order valence-corrected chi connectivity index (χ2v) is 5.03. The van der Waals surface area contributed by atoms with E-state index in [0.717, 1.165) is 31.6 Å². The fraction of sp³-hybridized carbons (Fsp3) is 0.333. The van der Waals surface area contributed by atoms with Gasteiger partial charge in [-0.25, -0.2) is 4.79 Å². The Kier molecular flexibility index (Phi) is 4.13. The SMILES string of the molecule is COC(=O)c1ccc(Nc2cnnc(N3CCCC3)n2)cc1. The van der Waals surface area contributed by atoms with Crippen LogP contribution in [0.25, 0.3) is 0 Å². The number of esters is 1. The van der Waals surface area contributed by atoms with Gasteiger partial charge < -0.3 is 15.0 Å². The summed E-state index contributed by atoms with van der Waals surface area (Å²) in [7, 11) is 1.36. The Morgan fingerprint density at radius 1 is 1.23 bits per heavy atom. The Hall–Kier alpha value is -2.70. The van der Waals surface area contributed by atoms with Crippen LogP contribution in [0.2, 0.25) is 0 Å². The van der Waals surface area contributed by atoms with Crippen LogP contribution in [0.4, 0.5) is 17.5 Å². The van der Waals surface area contributed by atoms with E-state index in [0.29, 0.717) is 17.3 Å². The second kappa shape index (κ2) is 6.38. The number of anilines is 3. The summed E-state index contributed by atoms with van der Waals surface area (Å²) in [6.45, 7) is 1.94. The Labute approximate surface area is 128 Å².